The molecule has 0 atom stereocenters. The van der Waals surface area contributed by atoms with Gasteiger partial charge in [-0.2, -0.15) is 4.39 Å². The van der Waals surface area contributed by atoms with Crippen LogP contribution < -0.4 is 4.74 Å². The first-order valence-electron chi connectivity index (χ1n) is 4.18. The van der Waals surface area contributed by atoms with Gasteiger partial charge in [-0.25, -0.2) is 4.98 Å². The SMILES string of the molecule is C=CCCCOc1ccc(F)nc1. The van der Waals surface area contributed by atoms with Gasteiger partial charge in [0.05, 0.1) is 12.8 Å². The fourth-order valence-electron chi connectivity index (χ4n) is 0.865. The Bertz CT molecular complexity index is 258. The van der Waals surface area contributed by atoms with Gasteiger partial charge in [0.2, 0.25) is 5.95 Å². The third-order valence-corrected chi connectivity index (χ3v) is 1.52. The lowest BCUT2D eigenvalue weighted by atomic mass is 10.3. The minimum atomic E-state index is -0.488. The Labute approximate surface area is 77.1 Å². The molecule has 70 valence electrons. The Morgan fingerprint density at radius 3 is 3.00 bits per heavy atom. The summed E-state index contributed by atoms with van der Waals surface area (Å²) in [7, 11) is 0. The first kappa shape index (κ1) is 9.71. The molecule has 0 spiro atoms. The number of ether oxygens (including phenoxy) is 1. The standard InChI is InChI=1S/C10H12FNO/c1-2-3-4-7-13-9-5-6-10(11)12-8-9/h2,5-6,8H,1,3-4,7H2. The Kier molecular flexibility index (Phi) is 3.96. The quantitative estimate of drug-likeness (QED) is 0.395. The maximum atomic E-state index is 12.3. The molecular weight excluding hydrogens is 169 g/mol. The lowest BCUT2D eigenvalue weighted by Crippen LogP contribution is -1.97. The lowest BCUT2D eigenvalue weighted by Gasteiger charge is -2.03. The number of aromatic nitrogens is 1. The first-order chi connectivity index (χ1) is 6.33. The summed E-state index contributed by atoms with van der Waals surface area (Å²) in [6.45, 7) is 4.21. The Hall–Kier alpha value is -1.38. The molecule has 0 aliphatic heterocycles. The molecule has 3 heteroatoms. The molecule has 0 N–H and O–H groups in total. The van der Waals surface area contributed by atoms with E-state index in [9.17, 15) is 4.39 Å². The van der Waals surface area contributed by atoms with E-state index in [0.717, 1.165) is 12.8 Å². The van der Waals surface area contributed by atoms with Gasteiger partial charge in [0.15, 0.2) is 0 Å². The van der Waals surface area contributed by atoms with Gasteiger partial charge in [-0.3, -0.25) is 0 Å². The maximum absolute atomic E-state index is 12.3. The van der Waals surface area contributed by atoms with Crippen LogP contribution in [-0.4, -0.2) is 11.6 Å². The highest BCUT2D eigenvalue weighted by Crippen LogP contribution is 2.08. The largest absolute Gasteiger partial charge is 0.492 e. The van der Waals surface area contributed by atoms with Gasteiger partial charge in [0.1, 0.15) is 5.75 Å². The topological polar surface area (TPSA) is 22.1 Å². The van der Waals surface area contributed by atoms with Gasteiger partial charge >= 0.3 is 0 Å². The second-order valence-corrected chi connectivity index (χ2v) is 2.60. The molecule has 0 radical (unpaired) electrons. The molecule has 0 amide bonds. The van der Waals surface area contributed by atoms with E-state index >= 15 is 0 Å². The average Bonchev–Trinajstić information content (AvgIpc) is 2.15. The zero-order valence-corrected chi connectivity index (χ0v) is 7.37. The fraction of sp³-hybridized carbons (Fsp3) is 0.300. The van der Waals surface area contributed by atoms with Crippen molar-refractivity contribution in [3.63, 3.8) is 0 Å². The van der Waals surface area contributed by atoms with Crippen LogP contribution in [0.5, 0.6) is 5.75 Å². The molecule has 2 nitrogen and oxygen atoms in total. The van der Waals surface area contributed by atoms with E-state index in [4.69, 9.17) is 4.74 Å². The highest BCUT2D eigenvalue weighted by atomic mass is 19.1. The van der Waals surface area contributed by atoms with E-state index in [-0.39, 0.29) is 0 Å². The van der Waals surface area contributed by atoms with Crippen LogP contribution in [0.1, 0.15) is 12.8 Å². The van der Waals surface area contributed by atoms with E-state index in [0.29, 0.717) is 12.4 Å². The van der Waals surface area contributed by atoms with Gasteiger partial charge in [-0.1, -0.05) is 6.08 Å². The van der Waals surface area contributed by atoms with E-state index in [1.54, 1.807) is 6.07 Å². The summed E-state index contributed by atoms with van der Waals surface area (Å²) in [5, 5.41) is 0. The van der Waals surface area contributed by atoms with Crippen LogP contribution in [0.15, 0.2) is 31.0 Å². The molecule has 13 heavy (non-hydrogen) atoms. The van der Waals surface area contributed by atoms with Crippen molar-refractivity contribution in [1.82, 2.24) is 4.98 Å². The van der Waals surface area contributed by atoms with Gasteiger partial charge in [0, 0.05) is 0 Å². The second kappa shape index (κ2) is 5.30. The highest BCUT2D eigenvalue weighted by Gasteiger charge is 1.94. The van der Waals surface area contributed by atoms with Crippen molar-refractivity contribution in [1.29, 1.82) is 0 Å². The molecule has 0 saturated heterocycles. The number of nitrogens with zero attached hydrogens (tertiary/aromatic N) is 1. The average molecular weight is 181 g/mol. The predicted octanol–water partition coefficient (Wildman–Crippen LogP) is 2.57. The lowest BCUT2D eigenvalue weighted by molar-refractivity contribution is 0.310. The molecule has 0 bridgehead atoms. The Morgan fingerprint density at radius 1 is 1.54 bits per heavy atom. The maximum Gasteiger partial charge on any atom is 0.213 e. The monoisotopic (exact) mass is 181 g/mol. The zero-order valence-electron chi connectivity index (χ0n) is 7.37. The summed E-state index contributed by atoms with van der Waals surface area (Å²) in [6.07, 6.45) is 5.06. The van der Waals surface area contributed by atoms with Gasteiger partial charge in [-0.05, 0) is 25.0 Å². The van der Waals surface area contributed by atoms with Crippen LogP contribution in [0.4, 0.5) is 4.39 Å². The minimum Gasteiger partial charge on any atom is -0.492 e. The van der Waals surface area contributed by atoms with E-state index < -0.39 is 5.95 Å². The first-order valence-corrected chi connectivity index (χ1v) is 4.18. The van der Waals surface area contributed by atoms with Crippen LogP contribution in [0.3, 0.4) is 0 Å². The van der Waals surface area contributed by atoms with Crippen LogP contribution in [-0.2, 0) is 0 Å². The molecule has 1 heterocycles. The summed E-state index contributed by atoms with van der Waals surface area (Å²) in [5.41, 5.74) is 0. The predicted molar refractivity (Wildman–Crippen MR) is 49.1 cm³/mol. The van der Waals surface area contributed by atoms with Gasteiger partial charge in [0.25, 0.3) is 0 Å². The van der Waals surface area contributed by atoms with Crippen LogP contribution in [0, 0.1) is 5.95 Å². The van der Waals surface area contributed by atoms with Gasteiger partial charge in [-0.15, -0.1) is 6.58 Å². The number of unbranched alkanes of at least 4 members (excludes halogenated alkanes) is 1. The summed E-state index contributed by atoms with van der Waals surface area (Å²) < 4.78 is 17.6. The number of halogens is 1. The van der Waals surface area contributed by atoms with E-state index in [2.05, 4.69) is 11.6 Å². The van der Waals surface area contributed by atoms with Crippen LogP contribution in [0.25, 0.3) is 0 Å². The summed E-state index contributed by atoms with van der Waals surface area (Å²) in [5.74, 6) is 0.115. The molecule has 1 rings (SSSR count). The number of hydrogen-bond acceptors (Lipinski definition) is 2. The second-order valence-electron chi connectivity index (χ2n) is 2.60. The van der Waals surface area contributed by atoms with Crippen LogP contribution in [0.2, 0.25) is 0 Å². The highest BCUT2D eigenvalue weighted by molar-refractivity contribution is 5.15. The van der Waals surface area contributed by atoms with E-state index in [1.807, 2.05) is 6.08 Å². The molecule has 1 aromatic heterocycles. The van der Waals surface area contributed by atoms with Gasteiger partial charge < -0.3 is 4.74 Å². The molecule has 0 aliphatic rings. The number of allylic oxidation sites excluding steroid dienone is 1. The smallest absolute Gasteiger partial charge is 0.213 e. The molecule has 0 aromatic carbocycles. The van der Waals surface area contributed by atoms with Crippen molar-refractivity contribution in [2.24, 2.45) is 0 Å². The van der Waals surface area contributed by atoms with Crippen molar-refractivity contribution in [2.45, 2.75) is 12.8 Å². The minimum absolute atomic E-state index is 0.488. The van der Waals surface area contributed by atoms with Crippen molar-refractivity contribution in [3.05, 3.63) is 36.9 Å². The molecule has 0 aliphatic carbocycles. The molecular formula is C10H12FNO. The van der Waals surface area contributed by atoms with Crippen molar-refractivity contribution < 1.29 is 9.13 Å². The summed E-state index contributed by atoms with van der Waals surface area (Å²) >= 11 is 0. The molecule has 0 fully saturated rings. The fourth-order valence-corrected chi connectivity index (χ4v) is 0.865. The number of rotatable bonds is 5. The number of pyridine rings is 1. The zero-order chi connectivity index (χ0) is 9.52. The van der Waals surface area contributed by atoms with E-state index in [1.165, 1.54) is 12.3 Å². The van der Waals surface area contributed by atoms with Crippen LogP contribution >= 0.6 is 0 Å². The van der Waals surface area contributed by atoms with Crippen molar-refractivity contribution >= 4 is 0 Å². The molecule has 1 aromatic rings. The molecule has 0 unspecified atom stereocenters. The normalized spacial score (nSPS) is 9.62. The third kappa shape index (κ3) is 3.69. The Balaban J connectivity index is 2.28. The summed E-state index contributed by atoms with van der Waals surface area (Å²) in [4.78, 5) is 3.47. The molecule has 0 saturated carbocycles. The Morgan fingerprint density at radius 2 is 2.38 bits per heavy atom. The number of hydrogen-bond donors (Lipinski definition) is 0. The van der Waals surface area contributed by atoms with Crippen molar-refractivity contribution in [2.75, 3.05) is 6.61 Å². The summed E-state index contributed by atoms with van der Waals surface area (Å²) in [6, 6.07) is 2.85. The van der Waals surface area contributed by atoms with Crippen molar-refractivity contribution in [3.8, 4) is 5.75 Å². The third-order valence-electron chi connectivity index (χ3n) is 1.52.